The molecule has 1 unspecified atom stereocenters. The standard InChI is InChI=1S/C25H32BrF3N4O3S/c1-14-16(7-6-8-18(14)36-5)22-17(31-37(35)24(2,3)4)11-12-32(22)19(34)13-33-23(25(27,28)29)20(26)21(30-33)15-9-10-15/h6-8,15,17,22,31H,9-13H2,1-5H3/t17-,22-,37?/m1/s1. The van der Waals surface area contributed by atoms with Gasteiger partial charge in [0.1, 0.15) is 17.0 Å². The van der Waals surface area contributed by atoms with Crippen molar-refractivity contribution in [2.75, 3.05) is 13.7 Å². The number of methoxy groups -OCH3 is 1. The van der Waals surface area contributed by atoms with Crippen molar-refractivity contribution in [1.29, 1.82) is 0 Å². The molecule has 2 fully saturated rings. The Hall–Kier alpha value is -1.76. The van der Waals surface area contributed by atoms with E-state index >= 15 is 0 Å². The van der Waals surface area contributed by atoms with Gasteiger partial charge >= 0.3 is 6.18 Å². The lowest BCUT2D eigenvalue weighted by molar-refractivity contribution is -0.146. The first-order valence-electron chi connectivity index (χ1n) is 12.2. The summed E-state index contributed by atoms with van der Waals surface area (Å²) in [7, 11) is 1.56. The molecule has 204 valence electrons. The van der Waals surface area contributed by atoms with Gasteiger partial charge in [0.25, 0.3) is 0 Å². The van der Waals surface area contributed by atoms with Crippen LogP contribution in [0.4, 0.5) is 13.2 Å². The molecule has 12 heteroatoms. The highest BCUT2D eigenvalue weighted by molar-refractivity contribution is 9.10. The second-order valence-electron chi connectivity index (χ2n) is 10.6. The van der Waals surface area contributed by atoms with Gasteiger partial charge in [-0.15, -0.1) is 4.72 Å². The van der Waals surface area contributed by atoms with Crippen molar-refractivity contribution >= 4 is 33.2 Å². The summed E-state index contributed by atoms with van der Waals surface area (Å²) in [5, 5.41) is 4.21. The maximum Gasteiger partial charge on any atom is 0.434 e. The van der Waals surface area contributed by atoms with Gasteiger partial charge in [0.05, 0.1) is 29.4 Å². The first-order valence-corrected chi connectivity index (χ1v) is 14.1. The molecule has 2 heterocycles. The van der Waals surface area contributed by atoms with Crippen molar-refractivity contribution < 1.29 is 27.3 Å². The van der Waals surface area contributed by atoms with Crippen molar-refractivity contribution in [3.05, 3.63) is 45.2 Å². The van der Waals surface area contributed by atoms with Crippen LogP contribution in [-0.2, 0) is 28.9 Å². The summed E-state index contributed by atoms with van der Waals surface area (Å²) < 4.78 is 63.7. The molecule has 1 aromatic heterocycles. The molecule has 7 nitrogen and oxygen atoms in total. The number of carbonyl (C=O) groups is 1. The molecule has 0 spiro atoms. The number of aromatic nitrogens is 2. The molecule has 1 amide bonds. The number of ether oxygens (including phenoxy) is 1. The maximum atomic E-state index is 14.0. The number of carbonyl (C=O) groups excluding carboxylic acids is 1. The third kappa shape index (κ3) is 5.81. The number of amides is 1. The van der Waals surface area contributed by atoms with E-state index < -0.39 is 46.5 Å². The van der Waals surface area contributed by atoms with Crippen LogP contribution in [0.2, 0.25) is 0 Å². The van der Waals surface area contributed by atoms with Crippen molar-refractivity contribution in [3.63, 3.8) is 0 Å². The average Bonchev–Trinajstić information content (AvgIpc) is 3.47. The zero-order valence-electron chi connectivity index (χ0n) is 21.5. The second kappa shape index (κ2) is 10.4. The Labute approximate surface area is 226 Å². The van der Waals surface area contributed by atoms with Gasteiger partial charge in [0.2, 0.25) is 5.91 Å². The number of hydrogen-bond donors (Lipinski definition) is 1. The Balaban J connectivity index is 1.69. The number of alkyl halides is 3. The fourth-order valence-electron chi connectivity index (χ4n) is 4.75. The lowest BCUT2D eigenvalue weighted by Crippen LogP contribution is -2.47. The fourth-order valence-corrected chi connectivity index (χ4v) is 6.46. The van der Waals surface area contributed by atoms with Crippen LogP contribution in [0.1, 0.15) is 74.5 Å². The predicted octanol–water partition coefficient (Wildman–Crippen LogP) is 5.25. The molecule has 3 atom stereocenters. The quantitative estimate of drug-likeness (QED) is 0.436. The van der Waals surface area contributed by atoms with E-state index in [0.717, 1.165) is 28.7 Å². The van der Waals surface area contributed by atoms with Gasteiger partial charge in [0, 0.05) is 23.8 Å². The van der Waals surface area contributed by atoms with E-state index in [4.69, 9.17) is 4.74 Å². The molecular weight excluding hydrogens is 573 g/mol. The van der Waals surface area contributed by atoms with E-state index in [9.17, 15) is 22.5 Å². The van der Waals surface area contributed by atoms with E-state index in [1.165, 1.54) is 0 Å². The highest BCUT2D eigenvalue weighted by Crippen LogP contribution is 2.47. The summed E-state index contributed by atoms with van der Waals surface area (Å²) in [6.07, 6.45) is -2.61. The largest absolute Gasteiger partial charge is 0.598 e. The molecule has 1 N–H and O–H groups in total. The molecule has 1 saturated heterocycles. The number of benzene rings is 1. The Kier molecular flexibility index (Phi) is 7.96. The van der Waals surface area contributed by atoms with Gasteiger partial charge in [-0.3, -0.25) is 4.79 Å². The van der Waals surface area contributed by atoms with E-state index in [1.54, 1.807) is 12.0 Å². The van der Waals surface area contributed by atoms with Crippen molar-refractivity contribution in [2.24, 2.45) is 0 Å². The molecular formula is C25H32BrF3N4O3S. The van der Waals surface area contributed by atoms with Crippen LogP contribution in [0.15, 0.2) is 22.7 Å². The Bertz CT molecular complexity index is 1160. The molecule has 1 aromatic carbocycles. The minimum atomic E-state index is -4.67. The summed E-state index contributed by atoms with van der Waals surface area (Å²) in [4.78, 5) is 15.2. The van der Waals surface area contributed by atoms with Crippen LogP contribution in [-0.4, -0.2) is 49.6 Å². The van der Waals surface area contributed by atoms with Crippen LogP contribution in [0.3, 0.4) is 0 Å². The molecule has 1 aliphatic carbocycles. The van der Waals surface area contributed by atoms with Gasteiger partial charge in [-0.2, -0.15) is 18.3 Å². The van der Waals surface area contributed by atoms with E-state index in [1.807, 2.05) is 45.9 Å². The number of hydrogen-bond acceptors (Lipinski definition) is 5. The lowest BCUT2D eigenvalue weighted by atomic mass is 9.95. The van der Waals surface area contributed by atoms with Crippen molar-refractivity contribution in [3.8, 4) is 5.75 Å². The minimum absolute atomic E-state index is 0.0215. The van der Waals surface area contributed by atoms with Gasteiger partial charge in [-0.05, 0) is 80.1 Å². The summed E-state index contributed by atoms with van der Waals surface area (Å²) in [5.41, 5.74) is 1.02. The third-order valence-corrected chi connectivity index (χ3v) is 9.25. The molecule has 4 rings (SSSR count). The molecule has 0 radical (unpaired) electrons. The molecule has 1 saturated carbocycles. The normalized spacial score (nSPS) is 21.4. The summed E-state index contributed by atoms with van der Waals surface area (Å²) in [6, 6.07) is 4.60. The first-order chi connectivity index (χ1) is 17.2. The zero-order chi connectivity index (χ0) is 27.3. The smallest absolute Gasteiger partial charge is 0.434 e. The summed E-state index contributed by atoms with van der Waals surface area (Å²) in [6.45, 7) is 7.19. The molecule has 0 bridgehead atoms. The summed E-state index contributed by atoms with van der Waals surface area (Å²) in [5.74, 6) is 0.129. The Morgan fingerprint density at radius 2 is 1.95 bits per heavy atom. The maximum absolute atomic E-state index is 14.0. The molecule has 37 heavy (non-hydrogen) atoms. The number of nitrogens with zero attached hydrogens (tertiary/aromatic N) is 3. The zero-order valence-corrected chi connectivity index (χ0v) is 23.9. The van der Waals surface area contributed by atoms with Crippen LogP contribution >= 0.6 is 15.9 Å². The number of rotatable bonds is 7. The van der Waals surface area contributed by atoms with Crippen LogP contribution in [0, 0.1) is 6.92 Å². The lowest BCUT2D eigenvalue weighted by Gasteiger charge is -2.33. The monoisotopic (exact) mass is 604 g/mol. The van der Waals surface area contributed by atoms with Crippen LogP contribution in [0.5, 0.6) is 5.75 Å². The van der Waals surface area contributed by atoms with Crippen LogP contribution < -0.4 is 9.46 Å². The van der Waals surface area contributed by atoms with Crippen molar-refractivity contribution in [2.45, 2.75) is 82.4 Å². The van der Waals surface area contributed by atoms with E-state index in [2.05, 4.69) is 25.8 Å². The number of nitrogens with one attached hydrogen (secondary N) is 1. The highest BCUT2D eigenvalue weighted by atomic mass is 79.9. The summed E-state index contributed by atoms with van der Waals surface area (Å²) >= 11 is 1.69. The van der Waals surface area contributed by atoms with Gasteiger partial charge in [-0.25, -0.2) is 4.68 Å². The Morgan fingerprint density at radius 3 is 2.51 bits per heavy atom. The highest BCUT2D eigenvalue weighted by Gasteiger charge is 2.45. The molecule has 2 aliphatic rings. The third-order valence-electron chi connectivity index (χ3n) is 6.83. The Morgan fingerprint density at radius 1 is 1.27 bits per heavy atom. The molecule has 2 aromatic rings. The fraction of sp³-hybridized carbons (Fsp3) is 0.600. The predicted molar refractivity (Wildman–Crippen MR) is 139 cm³/mol. The van der Waals surface area contributed by atoms with Gasteiger partial charge in [0.15, 0.2) is 5.69 Å². The minimum Gasteiger partial charge on any atom is -0.598 e. The SMILES string of the molecule is COc1cccc([C@@H]2[C@H](N[S+]([O-])C(C)(C)C)CCN2C(=O)Cn2nc(C3CC3)c(Br)c2C(F)(F)F)c1C. The molecule has 1 aliphatic heterocycles. The average molecular weight is 606 g/mol. The topological polar surface area (TPSA) is 82.5 Å². The van der Waals surface area contributed by atoms with Crippen LogP contribution in [0.25, 0.3) is 0 Å². The number of halogens is 4. The van der Waals surface area contributed by atoms with Gasteiger partial charge < -0.3 is 14.2 Å². The first kappa shape index (κ1) is 28.3. The number of likely N-dealkylation sites (tertiary alicyclic amines) is 1. The second-order valence-corrected chi connectivity index (χ2v) is 13.4. The van der Waals surface area contributed by atoms with Gasteiger partial charge in [-0.1, -0.05) is 12.1 Å². The van der Waals surface area contributed by atoms with Crippen molar-refractivity contribution in [1.82, 2.24) is 19.4 Å². The van der Waals surface area contributed by atoms with E-state index in [-0.39, 0.29) is 16.4 Å². The van der Waals surface area contributed by atoms with E-state index in [0.29, 0.717) is 24.4 Å².